The Labute approximate surface area is 112 Å². The van der Waals surface area contributed by atoms with Gasteiger partial charge >= 0.3 is 0 Å². The maximum absolute atomic E-state index is 4.16. The molecule has 1 N–H and O–H groups in total. The molecule has 0 bridgehead atoms. The third-order valence-corrected chi connectivity index (χ3v) is 3.52. The molecular weight excluding hydrogens is 240 g/mol. The highest BCUT2D eigenvalue weighted by molar-refractivity contribution is 5.30. The second-order valence-corrected chi connectivity index (χ2v) is 4.87. The molecule has 1 fully saturated rings. The maximum atomic E-state index is 4.16. The number of aromatic nitrogens is 4. The van der Waals surface area contributed by atoms with Crippen molar-refractivity contribution in [3.05, 3.63) is 36.2 Å². The molecule has 0 unspecified atom stereocenters. The van der Waals surface area contributed by atoms with E-state index in [4.69, 9.17) is 0 Å². The van der Waals surface area contributed by atoms with Crippen LogP contribution in [0.2, 0.25) is 0 Å². The first-order valence-electron chi connectivity index (χ1n) is 6.62. The lowest BCUT2D eigenvalue weighted by atomic mass is 10.2. The Morgan fingerprint density at radius 3 is 2.95 bits per heavy atom. The van der Waals surface area contributed by atoms with Crippen LogP contribution in [0.1, 0.15) is 12.7 Å². The minimum Gasteiger partial charge on any atom is -0.314 e. The van der Waals surface area contributed by atoms with E-state index in [1.165, 1.54) is 0 Å². The minimum atomic E-state index is 0.509. The third-order valence-electron chi connectivity index (χ3n) is 3.52. The van der Waals surface area contributed by atoms with Gasteiger partial charge in [0.25, 0.3) is 0 Å². The fourth-order valence-corrected chi connectivity index (χ4v) is 2.37. The number of hydrogen-bond donors (Lipinski definition) is 1. The van der Waals surface area contributed by atoms with E-state index in [0.717, 1.165) is 37.7 Å². The van der Waals surface area contributed by atoms with Crippen molar-refractivity contribution in [1.29, 1.82) is 0 Å². The van der Waals surface area contributed by atoms with Crippen LogP contribution in [-0.2, 0) is 6.54 Å². The lowest BCUT2D eigenvalue weighted by molar-refractivity contribution is 0.160. The highest BCUT2D eigenvalue weighted by Crippen LogP contribution is 2.11. The second kappa shape index (κ2) is 5.46. The summed E-state index contributed by atoms with van der Waals surface area (Å²) >= 11 is 0. The molecule has 3 rings (SSSR count). The predicted octanol–water partition coefficient (Wildman–Crippen LogP) is 0.456. The van der Waals surface area contributed by atoms with Gasteiger partial charge in [0.15, 0.2) is 5.82 Å². The van der Waals surface area contributed by atoms with Crippen molar-refractivity contribution in [2.24, 2.45) is 0 Å². The summed E-state index contributed by atoms with van der Waals surface area (Å²) in [6, 6.07) is 10.5. The molecule has 1 aromatic carbocycles. The lowest BCUT2D eigenvalue weighted by Gasteiger charge is -2.33. The SMILES string of the molecule is C[C@@H]1CNCCN1Cc1nnnn1-c1ccccc1. The largest absolute Gasteiger partial charge is 0.314 e. The van der Waals surface area contributed by atoms with Gasteiger partial charge in [0.2, 0.25) is 0 Å². The molecule has 6 nitrogen and oxygen atoms in total. The van der Waals surface area contributed by atoms with Crippen molar-refractivity contribution >= 4 is 0 Å². The van der Waals surface area contributed by atoms with Crippen LogP contribution in [0.5, 0.6) is 0 Å². The molecule has 0 radical (unpaired) electrons. The normalized spacial score (nSPS) is 20.6. The number of piperazine rings is 1. The number of para-hydroxylation sites is 1. The second-order valence-electron chi connectivity index (χ2n) is 4.87. The van der Waals surface area contributed by atoms with Gasteiger partial charge in [0, 0.05) is 25.7 Å². The average molecular weight is 258 g/mol. The van der Waals surface area contributed by atoms with Gasteiger partial charge in [-0.05, 0) is 29.5 Å². The summed E-state index contributed by atoms with van der Waals surface area (Å²) in [4.78, 5) is 2.40. The van der Waals surface area contributed by atoms with Crippen LogP contribution >= 0.6 is 0 Å². The van der Waals surface area contributed by atoms with E-state index in [0.29, 0.717) is 6.04 Å². The first-order chi connectivity index (χ1) is 9.34. The quantitative estimate of drug-likeness (QED) is 0.866. The molecule has 100 valence electrons. The number of nitrogens with zero attached hydrogens (tertiary/aromatic N) is 5. The van der Waals surface area contributed by atoms with E-state index in [9.17, 15) is 0 Å². The molecule has 1 aromatic heterocycles. The molecule has 2 aromatic rings. The van der Waals surface area contributed by atoms with E-state index in [2.05, 4.69) is 32.7 Å². The number of tetrazole rings is 1. The van der Waals surface area contributed by atoms with Gasteiger partial charge < -0.3 is 5.32 Å². The molecule has 2 heterocycles. The molecule has 1 aliphatic rings. The van der Waals surface area contributed by atoms with Crippen LogP contribution in [-0.4, -0.2) is 50.8 Å². The number of rotatable bonds is 3. The van der Waals surface area contributed by atoms with Gasteiger partial charge in [0.1, 0.15) is 0 Å². The average Bonchev–Trinajstić information content (AvgIpc) is 2.91. The first-order valence-corrected chi connectivity index (χ1v) is 6.62. The van der Waals surface area contributed by atoms with E-state index < -0.39 is 0 Å². The standard InChI is InChI=1S/C13H18N6/c1-11-9-14-7-8-18(11)10-13-15-16-17-19(13)12-5-3-2-4-6-12/h2-6,11,14H,7-10H2,1H3/t11-/m1/s1. The third kappa shape index (κ3) is 2.64. The van der Waals surface area contributed by atoms with Gasteiger partial charge in [-0.25, -0.2) is 0 Å². The monoisotopic (exact) mass is 258 g/mol. The molecule has 1 saturated heterocycles. The lowest BCUT2D eigenvalue weighted by Crippen LogP contribution is -2.49. The van der Waals surface area contributed by atoms with Crippen LogP contribution < -0.4 is 5.32 Å². The van der Waals surface area contributed by atoms with Crippen LogP contribution in [0, 0.1) is 0 Å². The summed E-state index contributed by atoms with van der Waals surface area (Å²) in [6.45, 7) is 6.08. The summed E-state index contributed by atoms with van der Waals surface area (Å²) < 4.78 is 1.81. The summed E-state index contributed by atoms with van der Waals surface area (Å²) in [5.74, 6) is 0.889. The zero-order valence-electron chi connectivity index (χ0n) is 11.0. The summed E-state index contributed by atoms with van der Waals surface area (Å²) in [5, 5.41) is 15.5. The minimum absolute atomic E-state index is 0.509. The molecule has 0 amide bonds. The molecule has 19 heavy (non-hydrogen) atoms. The predicted molar refractivity (Wildman–Crippen MR) is 71.9 cm³/mol. The molecule has 6 heteroatoms. The van der Waals surface area contributed by atoms with Crippen LogP contribution in [0.25, 0.3) is 5.69 Å². The molecule has 1 atom stereocenters. The van der Waals surface area contributed by atoms with Crippen molar-refractivity contribution in [1.82, 2.24) is 30.4 Å². The van der Waals surface area contributed by atoms with Crippen LogP contribution in [0.15, 0.2) is 30.3 Å². The molecule has 0 spiro atoms. The molecule has 0 saturated carbocycles. The van der Waals surface area contributed by atoms with Crippen LogP contribution in [0.4, 0.5) is 0 Å². The first kappa shape index (κ1) is 12.3. The number of nitrogens with one attached hydrogen (secondary N) is 1. The Balaban J connectivity index is 1.81. The fraction of sp³-hybridized carbons (Fsp3) is 0.462. The maximum Gasteiger partial charge on any atom is 0.170 e. The molecule has 1 aliphatic heterocycles. The number of benzene rings is 1. The summed E-state index contributed by atoms with van der Waals surface area (Å²) in [5.41, 5.74) is 1.00. The van der Waals surface area contributed by atoms with E-state index in [-0.39, 0.29) is 0 Å². The molecular formula is C13H18N6. The van der Waals surface area contributed by atoms with Crippen molar-refractivity contribution < 1.29 is 0 Å². The summed E-state index contributed by atoms with van der Waals surface area (Å²) in [7, 11) is 0. The van der Waals surface area contributed by atoms with Crippen LogP contribution in [0.3, 0.4) is 0 Å². The Hall–Kier alpha value is -1.79. The van der Waals surface area contributed by atoms with E-state index >= 15 is 0 Å². The Kier molecular flexibility index (Phi) is 3.52. The van der Waals surface area contributed by atoms with Gasteiger partial charge in [-0.3, -0.25) is 4.90 Å². The Morgan fingerprint density at radius 1 is 1.32 bits per heavy atom. The molecule has 0 aliphatic carbocycles. The smallest absolute Gasteiger partial charge is 0.170 e. The van der Waals surface area contributed by atoms with E-state index in [1.807, 2.05) is 35.0 Å². The van der Waals surface area contributed by atoms with Gasteiger partial charge in [-0.2, -0.15) is 4.68 Å². The van der Waals surface area contributed by atoms with E-state index in [1.54, 1.807) is 0 Å². The van der Waals surface area contributed by atoms with Gasteiger partial charge in [-0.1, -0.05) is 18.2 Å². The highest BCUT2D eigenvalue weighted by atomic mass is 15.5. The van der Waals surface area contributed by atoms with Crippen molar-refractivity contribution in [2.75, 3.05) is 19.6 Å². The van der Waals surface area contributed by atoms with Gasteiger partial charge in [-0.15, -0.1) is 5.10 Å². The highest BCUT2D eigenvalue weighted by Gasteiger charge is 2.20. The van der Waals surface area contributed by atoms with Crippen molar-refractivity contribution in [3.63, 3.8) is 0 Å². The summed E-state index contributed by atoms with van der Waals surface area (Å²) in [6.07, 6.45) is 0. The Morgan fingerprint density at radius 2 is 2.16 bits per heavy atom. The number of hydrogen-bond acceptors (Lipinski definition) is 5. The van der Waals surface area contributed by atoms with Gasteiger partial charge in [0.05, 0.1) is 12.2 Å². The van der Waals surface area contributed by atoms with Crippen molar-refractivity contribution in [3.8, 4) is 5.69 Å². The zero-order valence-corrected chi connectivity index (χ0v) is 11.0. The van der Waals surface area contributed by atoms with Crippen molar-refractivity contribution in [2.45, 2.75) is 19.5 Å². The topological polar surface area (TPSA) is 58.9 Å². The Bertz CT molecular complexity index is 523. The zero-order chi connectivity index (χ0) is 13.1. The fourth-order valence-electron chi connectivity index (χ4n) is 2.37.